The van der Waals surface area contributed by atoms with E-state index in [-0.39, 0.29) is 5.91 Å². The fourth-order valence-corrected chi connectivity index (χ4v) is 3.72. The number of furan rings is 1. The standard InChI is InChI=1S/C18H16ClN3O2S/c19-12-3-5-13(6-4-12)20-18-21-17(23)15(25-18)11-14-7-8-16(24-14)22-9-1-2-10-22/h3-8,11H,1-2,9-10H2,(H,20,21,23). The van der Waals surface area contributed by atoms with Crippen molar-refractivity contribution in [3.8, 4) is 0 Å². The van der Waals surface area contributed by atoms with Gasteiger partial charge in [-0.15, -0.1) is 0 Å². The fourth-order valence-electron chi connectivity index (χ4n) is 2.77. The second-order valence-electron chi connectivity index (χ2n) is 5.83. The van der Waals surface area contributed by atoms with E-state index in [4.69, 9.17) is 16.0 Å². The van der Waals surface area contributed by atoms with E-state index in [1.54, 1.807) is 30.3 Å². The quantitative estimate of drug-likeness (QED) is 0.809. The second-order valence-corrected chi connectivity index (χ2v) is 7.30. The van der Waals surface area contributed by atoms with Gasteiger partial charge in [-0.1, -0.05) is 11.6 Å². The summed E-state index contributed by atoms with van der Waals surface area (Å²) < 4.78 is 5.85. The van der Waals surface area contributed by atoms with Gasteiger partial charge in [0.05, 0.1) is 10.6 Å². The van der Waals surface area contributed by atoms with E-state index in [0.717, 1.165) is 24.7 Å². The minimum Gasteiger partial charge on any atom is -0.441 e. The Labute approximate surface area is 154 Å². The third-order valence-electron chi connectivity index (χ3n) is 4.01. The summed E-state index contributed by atoms with van der Waals surface area (Å²) in [5.41, 5.74) is 0.739. The van der Waals surface area contributed by atoms with Crippen molar-refractivity contribution in [2.45, 2.75) is 12.8 Å². The first-order valence-electron chi connectivity index (χ1n) is 8.07. The lowest BCUT2D eigenvalue weighted by molar-refractivity contribution is -0.115. The minimum atomic E-state index is -0.170. The number of halogens is 1. The summed E-state index contributed by atoms with van der Waals surface area (Å²) in [6.45, 7) is 2.05. The first-order chi connectivity index (χ1) is 12.2. The summed E-state index contributed by atoms with van der Waals surface area (Å²) in [7, 11) is 0. The van der Waals surface area contributed by atoms with Crippen LogP contribution in [0.2, 0.25) is 5.02 Å². The van der Waals surface area contributed by atoms with E-state index in [9.17, 15) is 4.79 Å². The van der Waals surface area contributed by atoms with Crippen LogP contribution in [0.4, 0.5) is 11.6 Å². The predicted octanol–water partition coefficient (Wildman–Crippen LogP) is 4.42. The van der Waals surface area contributed by atoms with Crippen molar-refractivity contribution in [3.63, 3.8) is 0 Å². The van der Waals surface area contributed by atoms with Crippen molar-refractivity contribution in [1.29, 1.82) is 0 Å². The Morgan fingerprint density at radius 3 is 2.68 bits per heavy atom. The normalized spacial score (nSPS) is 20.7. The number of carbonyl (C=O) groups is 1. The van der Waals surface area contributed by atoms with E-state index in [1.165, 1.54) is 24.6 Å². The first-order valence-corrected chi connectivity index (χ1v) is 9.27. The van der Waals surface area contributed by atoms with Gasteiger partial charge in [0.25, 0.3) is 5.91 Å². The summed E-state index contributed by atoms with van der Waals surface area (Å²) >= 11 is 7.17. The van der Waals surface area contributed by atoms with Gasteiger partial charge < -0.3 is 14.6 Å². The summed E-state index contributed by atoms with van der Waals surface area (Å²) in [6.07, 6.45) is 4.14. The maximum absolute atomic E-state index is 12.1. The number of amides is 1. The van der Waals surface area contributed by atoms with Gasteiger partial charge in [-0.3, -0.25) is 4.79 Å². The molecular formula is C18H16ClN3O2S. The van der Waals surface area contributed by atoms with Crippen LogP contribution in [0, 0.1) is 0 Å². The zero-order valence-electron chi connectivity index (χ0n) is 13.4. The number of aliphatic imine (C=N–C) groups is 1. The van der Waals surface area contributed by atoms with Crippen molar-refractivity contribution in [2.75, 3.05) is 18.0 Å². The van der Waals surface area contributed by atoms with Crippen LogP contribution in [-0.4, -0.2) is 24.2 Å². The van der Waals surface area contributed by atoms with E-state index in [1.807, 2.05) is 12.1 Å². The topological polar surface area (TPSA) is 57.8 Å². The van der Waals surface area contributed by atoms with Crippen molar-refractivity contribution >= 4 is 52.1 Å². The Morgan fingerprint density at radius 1 is 1.16 bits per heavy atom. The van der Waals surface area contributed by atoms with Crippen molar-refractivity contribution in [1.82, 2.24) is 5.32 Å². The highest BCUT2D eigenvalue weighted by Gasteiger charge is 2.24. The van der Waals surface area contributed by atoms with Gasteiger partial charge in [0.1, 0.15) is 5.76 Å². The van der Waals surface area contributed by atoms with Crippen LogP contribution in [0.5, 0.6) is 0 Å². The van der Waals surface area contributed by atoms with Gasteiger partial charge >= 0.3 is 0 Å². The molecule has 1 N–H and O–H groups in total. The lowest BCUT2D eigenvalue weighted by atomic mass is 10.3. The number of thioether (sulfide) groups is 1. The number of hydrogen-bond acceptors (Lipinski definition) is 5. The van der Waals surface area contributed by atoms with Crippen LogP contribution < -0.4 is 10.2 Å². The monoisotopic (exact) mass is 373 g/mol. The molecule has 0 radical (unpaired) electrons. The highest BCUT2D eigenvalue weighted by atomic mass is 35.5. The van der Waals surface area contributed by atoms with Crippen LogP contribution in [0.1, 0.15) is 18.6 Å². The van der Waals surface area contributed by atoms with Crippen LogP contribution in [0.25, 0.3) is 6.08 Å². The molecule has 4 rings (SSSR count). The number of rotatable bonds is 3. The molecule has 2 fully saturated rings. The molecule has 0 saturated carbocycles. The molecular weight excluding hydrogens is 358 g/mol. The molecule has 1 aromatic heterocycles. The summed E-state index contributed by atoms with van der Waals surface area (Å²) in [6, 6.07) is 11.0. The molecule has 0 spiro atoms. The molecule has 2 aliphatic rings. The number of amidine groups is 1. The zero-order chi connectivity index (χ0) is 17.2. The Hall–Kier alpha value is -2.18. The average Bonchev–Trinajstić information content (AvgIpc) is 3.32. The molecule has 2 aromatic rings. The number of carbonyl (C=O) groups excluding carboxylic acids is 1. The lowest BCUT2D eigenvalue weighted by Crippen LogP contribution is -2.19. The van der Waals surface area contributed by atoms with Gasteiger partial charge in [0.2, 0.25) is 0 Å². The van der Waals surface area contributed by atoms with Crippen LogP contribution in [0.15, 0.2) is 50.7 Å². The molecule has 1 aromatic carbocycles. The van der Waals surface area contributed by atoms with Crippen LogP contribution in [0.3, 0.4) is 0 Å². The molecule has 2 aliphatic heterocycles. The largest absolute Gasteiger partial charge is 0.441 e. The number of nitrogens with one attached hydrogen (secondary N) is 1. The molecule has 0 aliphatic carbocycles. The predicted molar refractivity (Wildman–Crippen MR) is 102 cm³/mol. The third kappa shape index (κ3) is 3.75. The Bertz CT molecular complexity index is 851. The Kier molecular flexibility index (Phi) is 4.55. The maximum Gasteiger partial charge on any atom is 0.264 e. The number of anilines is 1. The highest BCUT2D eigenvalue weighted by molar-refractivity contribution is 8.18. The van der Waals surface area contributed by atoms with Gasteiger partial charge in [-0.25, -0.2) is 4.99 Å². The van der Waals surface area contributed by atoms with Gasteiger partial charge in [0, 0.05) is 30.3 Å². The molecule has 7 heteroatoms. The molecule has 0 bridgehead atoms. The van der Waals surface area contributed by atoms with E-state index >= 15 is 0 Å². The third-order valence-corrected chi connectivity index (χ3v) is 5.17. The molecule has 5 nitrogen and oxygen atoms in total. The van der Waals surface area contributed by atoms with E-state index in [0.29, 0.717) is 20.9 Å². The smallest absolute Gasteiger partial charge is 0.264 e. The minimum absolute atomic E-state index is 0.170. The molecule has 128 valence electrons. The SMILES string of the molecule is O=C1NC(=Nc2ccc(Cl)cc2)SC1=Cc1ccc(N2CCCC2)o1. The van der Waals surface area contributed by atoms with Gasteiger partial charge in [-0.2, -0.15) is 0 Å². The summed E-state index contributed by atoms with van der Waals surface area (Å²) in [4.78, 5) is 19.3. The fraction of sp³-hybridized carbons (Fsp3) is 0.222. The van der Waals surface area contributed by atoms with Crippen LogP contribution in [-0.2, 0) is 4.79 Å². The molecule has 0 atom stereocenters. The number of hydrogen-bond donors (Lipinski definition) is 1. The Balaban J connectivity index is 1.50. The Morgan fingerprint density at radius 2 is 1.92 bits per heavy atom. The first kappa shape index (κ1) is 16.3. The van der Waals surface area contributed by atoms with Crippen molar-refractivity contribution < 1.29 is 9.21 Å². The number of nitrogens with zero attached hydrogens (tertiary/aromatic N) is 2. The highest BCUT2D eigenvalue weighted by Crippen LogP contribution is 2.30. The van der Waals surface area contributed by atoms with Gasteiger partial charge in [-0.05, 0) is 54.9 Å². The molecule has 2 saturated heterocycles. The van der Waals surface area contributed by atoms with E-state index < -0.39 is 0 Å². The zero-order valence-corrected chi connectivity index (χ0v) is 14.9. The van der Waals surface area contributed by atoms with Gasteiger partial charge in [0.15, 0.2) is 11.1 Å². The average molecular weight is 374 g/mol. The van der Waals surface area contributed by atoms with Crippen molar-refractivity contribution in [3.05, 3.63) is 52.1 Å². The maximum atomic E-state index is 12.1. The summed E-state index contributed by atoms with van der Waals surface area (Å²) in [5, 5.41) is 3.97. The molecule has 25 heavy (non-hydrogen) atoms. The van der Waals surface area contributed by atoms with Crippen LogP contribution >= 0.6 is 23.4 Å². The van der Waals surface area contributed by atoms with Crippen molar-refractivity contribution in [2.24, 2.45) is 4.99 Å². The summed E-state index contributed by atoms with van der Waals surface area (Å²) in [5.74, 6) is 1.37. The molecule has 1 amide bonds. The number of benzene rings is 1. The second kappa shape index (κ2) is 6.98. The lowest BCUT2D eigenvalue weighted by Gasteiger charge is -2.12. The molecule has 3 heterocycles. The van der Waals surface area contributed by atoms with E-state index in [2.05, 4.69) is 15.2 Å². The molecule has 0 unspecified atom stereocenters.